The molecule has 0 bridgehead atoms. The number of halogens is 1. The number of hydrogen-bond donors (Lipinski definition) is 1. The second-order valence-corrected chi connectivity index (χ2v) is 11.9. The van der Waals surface area contributed by atoms with Crippen molar-refractivity contribution >= 4 is 39.1 Å². The van der Waals surface area contributed by atoms with Crippen molar-refractivity contribution in [3.05, 3.63) is 94.5 Å². The van der Waals surface area contributed by atoms with E-state index >= 15 is 0 Å². The van der Waals surface area contributed by atoms with Crippen LogP contribution in [-0.2, 0) is 26.2 Å². The molecule has 2 amide bonds. The maximum atomic E-state index is 13.9. The zero-order valence-electron chi connectivity index (χ0n) is 22.3. The molecule has 0 aliphatic heterocycles. The van der Waals surface area contributed by atoms with E-state index in [9.17, 15) is 18.0 Å². The molecule has 202 valence electrons. The Kier molecular flexibility index (Phi) is 9.57. The van der Waals surface area contributed by atoms with Crippen molar-refractivity contribution in [2.75, 3.05) is 10.8 Å². The molecule has 0 unspecified atom stereocenters. The van der Waals surface area contributed by atoms with E-state index in [1.807, 2.05) is 33.8 Å². The zero-order valence-corrected chi connectivity index (χ0v) is 23.9. The lowest BCUT2D eigenvalue weighted by molar-refractivity contribution is -0.139. The summed E-state index contributed by atoms with van der Waals surface area (Å²) in [7, 11) is -4.10. The molecule has 0 saturated heterocycles. The fourth-order valence-corrected chi connectivity index (χ4v) is 5.55. The minimum atomic E-state index is -4.10. The van der Waals surface area contributed by atoms with Crippen LogP contribution in [0.2, 0.25) is 5.02 Å². The van der Waals surface area contributed by atoms with Crippen LogP contribution in [0.5, 0.6) is 0 Å². The molecule has 0 fully saturated rings. The van der Waals surface area contributed by atoms with Crippen LogP contribution in [0.1, 0.15) is 37.5 Å². The smallest absolute Gasteiger partial charge is 0.264 e. The van der Waals surface area contributed by atoms with Gasteiger partial charge in [-0.05, 0) is 76.1 Å². The van der Waals surface area contributed by atoms with Gasteiger partial charge >= 0.3 is 0 Å². The van der Waals surface area contributed by atoms with Gasteiger partial charge in [-0.15, -0.1) is 0 Å². The second kappa shape index (κ2) is 12.5. The highest BCUT2D eigenvalue weighted by Gasteiger charge is 2.33. The highest BCUT2D eigenvalue weighted by atomic mass is 35.5. The summed E-state index contributed by atoms with van der Waals surface area (Å²) in [5.41, 5.74) is 2.76. The molecule has 3 aromatic rings. The molecule has 7 nitrogen and oxygen atoms in total. The first-order chi connectivity index (χ1) is 17.9. The van der Waals surface area contributed by atoms with Gasteiger partial charge < -0.3 is 10.2 Å². The van der Waals surface area contributed by atoms with E-state index in [1.165, 1.54) is 17.0 Å². The van der Waals surface area contributed by atoms with Crippen LogP contribution in [0, 0.1) is 13.8 Å². The summed E-state index contributed by atoms with van der Waals surface area (Å²) in [6.07, 6.45) is 0. The average Bonchev–Trinajstić information content (AvgIpc) is 2.86. The highest BCUT2D eigenvalue weighted by Crippen LogP contribution is 2.26. The van der Waals surface area contributed by atoms with E-state index in [4.69, 9.17) is 11.6 Å². The van der Waals surface area contributed by atoms with Gasteiger partial charge in [0.2, 0.25) is 11.8 Å². The predicted octanol–water partition coefficient (Wildman–Crippen LogP) is 5.09. The molecule has 0 spiro atoms. The Morgan fingerprint density at radius 3 is 2.16 bits per heavy atom. The van der Waals surface area contributed by atoms with Crippen LogP contribution in [0.4, 0.5) is 5.69 Å². The maximum Gasteiger partial charge on any atom is 0.264 e. The number of anilines is 1. The monoisotopic (exact) mass is 555 g/mol. The van der Waals surface area contributed by atoms with Crippen molar-refractivity contribution in [1.29, 1.82) is 0 Å². The number of nitrogens with one attached hydrogen (secondary N) is 1. The lowest BCUT2D eigenvalue weighted by Gasteiger charge is -2.32. The van der Waals surface area contributed by atoms with Gasteiger partial charge in [0.05, 0.1) is 10.6 Å². The largest absolute Gasteiger partial charge is 0.352 e. The van der Waals surface area contributed by atoms with Gasteiger partial charge in [-0.3, -0.25) is 13.9 Å². The number of nitrogens with zero attached hydrogens (tertiary/aromatic N) is 2. The number of carbonyl (C=O) groups excluding carboxylic acids is 2. The van der Waals surface area contributed by atoms with E-state index in [-0.39, 0.29) is 23.4 Å². The first-order valence-electron chi connectivity index (χ1n) is 12.4. The molecular formula is C29H34ClN3O4S. The van der Waals surface area contributed by atoms with Gasteiger partial charge in [-0.25, -0.2) is 8.42 Å². The van der Waals surface area contributed by atoms with Crippen molar-refractivity contribution in [1.82, 2.24) is 10.2 Å². The van der Waals surface area contributed by atoms with E-state index < -0.39 is 28.5 Å². The van der Waals surface area contributed by atoms with Gasteiger partial charge in [0.1, 0.15) is 12.6 Å². The second-order valence-electron chi connectivity index (χ2n) is 9.62. The van der Waals surface area contributed by atoms with Gasteiger partial charge in [-0.1, -0.05) is 59.6 Å². The Hall–Kier alpha value is -3.36. The van der Waals surface area contributed by atoms with Gasteiger partial charge in [0.15, 0.2) is 0 Å². The Balaban J connectivity index is 2.04. The first-order valence-corrected chi connectivity index (χ1v) is 14.2. The third-order valence-corrected chi connectivity index (χ3v) is 8.23. The quantitative estimate of drug-likeness (QED) is 0.377. The van der Waals surface area contributed by atoms with E-state index in [0.717, 1.165) is 15.4 Å². The highest BCUT2D eigenvalue weighted by molar-refractivity contribution is 7.92. The molecule has 0 aliphatic rings. The molecule has 3 rings (SSSR count). The van der Waals surface area contributed by atoms with Crippen molar-refractivity contribution < 1.29 is 18.0 Å². The summed E-state index contributed by atoms with van der Waals surface area (Å²) in [5, 5.41) is 3.28. The van der Waals surface area contributed by atoms with Crippen molar-refractivity contribution in [3.63, 3.8) is 0 Å². The number of hydrogen-bond acceptors (Lipinski definition) is 4. The molecule has 0 heterocycles. The molecular weight excluding hydrogens is 522 g/mol. The van der Waals surface area contributed by atoms with E-state index in [1.54, 1.807) is 61.5 Å². The summed E-state index contributed by atoms with van der Waals surface area (Å²) < 4.78 is 28.8. The molecule has 38 heavy (non-hydrogen) atoms. The average molecular weight is 556 g/mol. The number of benzene rings is 3. The Morgan fingerprint density at radius 2 is 1.55 bits per heavy atom. The van der Waals surface area contributed by atoms with Crippen molar-refractivity contribution in [2.24, 2.45) is 0 Å². The summed E-state index contributed by atoms with van der Waals surface area (Å²) in [5.74, 6) is -0.877. The zero-order chi connectivity index (χ0) is 28.0. The van der Waals surface area contributed by atoms with Crippen LogP contribution >= 0.6 is 11.6 Å². The third kappa shape index (κ3) is 7.14. The topological polar surface area (TPSA) is 86.8 Å². The fraction of sp³-hybridized carbons (Fsp3) is 0.310. The standard InChI is InChI=1S/C29H34ClN3O4S/c1-20(2)31-29(35)23(5)32(18-24-10-6-7-12-27(24)30)28(34)19-33(25-11-8-9-22(4)17-25)38(36,37)26-15-13-21(3)14-16-26/h6-17,20,23H,18-19H2,1-5H3,(H,31,35)/t23-/m0/s1. The molecule has 0 aromatic heterocycles. The molecule has 0 saturated carbocycles. The summed E-state index contributed by atoms with van der Waals surface area (Å²) >= 11 is 6.38. The number of aryl methyl sites for hydroxylation is 2. The van der Waals surface area contributed by atoms with Crippen LogP contribution in [0.25, 0.3) is 0 Å². The number of sulfonamides is 1. The Labute approximate surface area is 230 Å². The SMILES string of the molecule is Cc1ccc(S(=O)(=O)N(CC(=O)N(Cc2ccccc2Cl)[C@@H](C)C(=O)NC(C)C)c2cccc(C)c2)cc1. The third-order valence-electron chi connectivity index (χ3n) is 6.07. The molecule has 9 heteroatoms. The number of carbonyl (C=O) groups is 2. The minimum Gasteiger partial charge on any atom is -0.352 e. The predicted molar refractivity (Wildman–Crippen MR) is 152 cm³/mol. The van der Waals surface area contributed by atoms with Gasteiger partial charge in [-0.2, -0.15) is 0 Å². The molecule has 1 N–H and O–H groups in total. The van der Waals surface area contributed by atoms with Crippen LogP contribution < -0.4 is 9.62 Å². The maximum absolute atomic E-state index is 13.9. The lowest BCUT2D eigenvalue weighted by Crippen LogP contribution is -2.52. The summed E-state index contributed by atoms with van der Waals surface area (Å²) in [6.45, 7) is 8.55. The van der Waals surface area contributed by atoms with Gasteiger partial charge in [0, 0.05) is 17.6 Å². The Bertz CT molecular complexity index is 1390. The van der Waals surface area contributed by atoms with Crippen LogP contribution in [0.3, 0.4) is 0 Å². The summed E-state index contributed by atoms with van der Waals surface area (Å²) in [6, 6.07) is 19.5. The molecule has 0 aliphatic carbocycles. The van der Waals surface area contributed by atoms with Crippen molar-refractivity contribution in [2.45, 2.75) is 58.1 Å². The number of amides is 2. The molecule has 0 radical (unpaired) electrons. The van der Waals surface area contributed by atoms with Crippen LogP contribution in [-0.4, -0.2) is 43.8 Å². The summed E-state index contributed by atoms with van der Waals surface area (Å²) in [4.78, 5) is 28.3. The first kappa shape index (κ1) is 29.2. The molecule has 3 aromatic carbocycles. The Morgan fingerprint density at radius 1 is 0.895 bits per heavy atom. The lowest BCUT2D eigenvalue weighted by atomic mass is 10.1. The van der Waals surface area contributed by atoms with Gasteiger partial charge in [0.25, 0.3) is 10.0 Å². The minimum absolute atomic E-state index is 0.0391. The fourth-order valence-electron chi connectivity index (χ4n) is 3.95. The molecule has 1 atom stereocenters. The van der Waals surface area contributed by atoms with E-state index in [0.29, 0.717) is 16.3 Å². The normalized spacial score (nSPS) is 12.2. The number of rotatable bonds is 10. The van der Waals surface area contributed by atoms with Crippen molar-refractivity contribution in [3.8, 4) is 0 Å². The van der Waals surface area contributed by atoms with Crippen LogP contribution in [0.15, 0.2) is 77.7 Å². The van der Waals surface area contributed by atoms with E-state index in [2.05, 4.69) is 5.32 Å².